The van der Waals surface area contributed by atoms with E-state index in [2.05, 4.69) is 9.72 Å². The molecule has 1 rings (SSSR count). The van der Waals surface area contributed by atoms with Crippen LogP contribution in [0.5, 0.6) is 0 Å². The first-order valence-electron chi connectivity index (χ1n) is 4.15. The zero-order chi connectivity index (χ0) is 12.3. The van der Waals surface area contributed by atoms with Crippen LogP contribution in [0.2, 0.25) is 0 Å². The summed E-state index contributed by atoms with van der Waals surface area (Å²) < 4.78 is 54.6. The lowest BCUT2D eigenvalue weighted by atomic mass is 10.2. The number of halogens is 4. The van der Waals surface area contributed by atoms with E-state index >= 15 is 0 Å². The van der Waals surface area contributed by atoms with Crippen LogP contribution in [0.1, 0.15) is 17.7 Å². The molecule has 0 aliphatic rings. The molecule has 0 N–H and O–H groups in total. The van der Waals surface area contributed by atoms with Crippen LogP contribution in [0.25, 0.3) is 0 Å². The van der Waals surface area contributed by atoms with Gasteiger partial charge in [-0.05, 0) is 0 Å². The standard InChI is InChI=1S/C9H7F4NO2/c1-16-7(15)2-4-5(10)3-6(8(11)12)14-9(4)13/h3,8H,2H2,1H3. The topological polar surface area (TPSA) is 39.2 Å². The normalized spacial score (nSPS) is 10.6. The van der Waals surface area contributed by atoms with Gasteiger partial charge in [-0.25, -0.2) is 18.2 Å². The van der Waals surface area contributed by atoms with E-state index in [1.165, 1.54) is 0 Å². The van der Waals surface area contributed by atoms with Crippen LogP contribution in [0.3, 0.4) is 0 Å². The third kappa shape index (κ3) is 2.68. The van der Waals surface area contributed by atoms with Crippen molar-refractivity contribution in [3.05, 3.63) is 29.1 Å². The highest BCUT2D eigenvalue weighted by atomic mass is 19.3. The molecule has 0 atom stereocenters. The van der Waals surface area contributed by atoms with E-state index in [9.17, 15) is 22.4 Å². The molecule has 0 spiro atoms. The number of hydrogen-bond acceptors (Lipinski definition) is 3. The number of pyridine rings is 1. The molecule has 1 heterocycles. The van der Waals surface area contributed by atoms with Crippen molar-refractivity contribution in [1.29, 1.82) is 0 Å². The van der Waals surface area contributed by atoms with E-state index in [4.69, 9.17) is 0 Å². The SMILES string of the molecule is COC(=O)Cc1c(F)cc(C(F)F)nc1F. The van der Waals surface area contributed by atoms with Gasteiger partial charge in [-0.1, -0.05) is 0 Å². The number of hydrogen-bond donors (Lipinski definition) is 0. The monoisotopic (exact) mass is 237 g/mol. The maximum absolute atomic E-state index is 13.1. The van der Waals surface area contributed by atoms with Crippen LogP contribution in [-0.4, -0.2) is 18.1 Å². The van der Waals surface area contributed by atoms with Gasteiger partial charge in [0.1, 0.15) is 11.5 Å². The van der Waals surface area contributed by atoms with Crippen LogP contribution in [-0.2, 0) is 16.0 Å². The summed E-state index contributed by atoms with van der Waals surface area (Å²) in [6.45, 7) is 0. The lowest BCUT2D eigenvalue weighted by molar-refractivity contribution is -0.139. The molecule has 0 aliphatic heterocycles. The molecule has 0 bridgehead atoms. The number of nitrogens with zero attached hydrogens (tertiary/aromatic N) is 1. The van der Waals surface area contributed by atoms with E-state index in [1.54, 1.807) is 0 Å². The lowest BCUT2D eigenvalue weighted by Crippen LogP contribution is -2.10. The van der Waals surface area contributed by atoms with Crippen molar-refractivity contribution in [1.82, 2.24) is 4.98 Å². The van der Waals surface area contributed by atoms with Gasteiger partial charge >= 0.3 is 5.97 Å². The Morgan fingerprint density at radius 3 is 2.56 bits per heavy atom. The molecule has 3 nitrogen and oxygen atoms in total. The first-order valence-corrected chi connectivity index (χ1v) is 4.15. The molecule has 0 saturated carbocycles. The van der Waals surface area contributed by atoms with Crippen molar-refractivity contribution in [2.45, 2.75) is 12.8 Å². The molecule has 16 heavy (non-hydrogen) atoms. The second kappa shape index (κ2) is 4.91. The van der Waals surface area contributed by atoms with Gasteiger partial charge in [0, 0.05) is 6.07 Å². The summed E-state index contributed by atoms with van der Waals surface area (Å²) in [4.78, 5) is 13.6. The molecular formula is C9H7F4NO2. The van der Waals surface area contributed by atoms with E-state index < -0.39 is 41.8 Å². The summed E-state index contributed by atoms with van der Waals surface area (Å²) in [5.41, 5.74) is -1.69. The third-order valence-corrected chi connectivity index (χ3v) is 1.81. The molecule has 0 fully saturated rings. The number of carbonyl (C=O) groups is 1. The average Bonchev–Trinajstić information content (AvgIpc) is 2.22. The van der Waals surface area contributed by atoms with Crippen LogP contribution in [0.15, 0.2) is 6.07 Å². The fourth-order valence-corrected chi connectivity index (χ4v) is 1.01. The molecule has 0 amide bonds. The van der Waals surface area contributed by atoms with E-state index in [-0.39, 0.29) is 0 Å². The highest BCUT2D eigenvalue weighted by Gasteiger charge is 2.19. The fourth-order valence-electron chi connectivity index (χ4n) is 1.01. The number of methoxy groups -OCH3 is 1. The Balaban J connectivity index is 3.07. The van der Waals surface area contributed by atoms with Gasteiger partial charge < -0.3 is 4.74 Å². The molecule has 1 aromatic rings. The lowest BCUT2D eigenvalue weighted by Gasteiger charge is -2.05. The first-order chi connectivity index (χ1) is 7.45. The van der Waals surface area contributed by atoms with E-state index in [1.807, 2.05) is 0 Å². The molecule has 88 valence electrons. The maximum Gasteiger partial charge on any atom is 0.310 e. The minimum absolute atomic E-state index is 0.395. The largest absolute Gasteiger partial charge is 0.469 e. The summed E-state index contributed by atoms with van der Waals surface area (Å²) in [6, 6.07) is 0.395. The Hall–Kier alpha value is -1.66. The molecule has 0 aliphatic carbocycles. The van der Waals surface area contributed by atoms with Crippen molar-refractivity contribution in [2.24, 2.45) is 0 Å². The second-order valence-electron chi connectivity index (χ2n) is 2.85. The molecule has 0 saturated heterocycles. The highest BCUT2D eigenvalue weighted by Crippen LogP contribution is 2.21. The number of aromatic nitrogens is 1. The van der Waals surface area contributed by atoms with Crippen molar-refractivity contribution in [2.75, 3.05) is 7.11 Å². The highest BCUT2D eigenvalue weighted by molar-refractivity contribution is 5.72. The quantitative estimate of drug-likeness (QED) is 0.458. The maximum atomic E-state index is 13.1. The number of rotatable bonds is 3. The molecule has 7 heteroatoms. The van der Waals surface area contributed by atoms with Crippen molar-refractivity contribution < 1.29 is 27.1 Å². The predicted octanol–water partition coefficient (Wildman–Crippen LogP) is 2.01. The Morgan fingerprint density at radius 2 is 2.12 bits per heavy atom. The summed E-state index contributed by atoms with van der Waals surface area (Å²) in [7, 11) is 1.04. The summed E-state index contributed by atoms with van der Waals surface area (Å²) in [5.74, 6) is -3.56. The molecular weight excluding hydrogens is 230 g/mol. The van der Waals surface area contributed by atoms with Gasteiger partial charge in [-0.15, -0.1) is 0 Å². The van der Waals surface area contributed by atoms with Gasteiger partial charge in [0.05, 0.1) is 19.1 Å². The third-order valence-electron chi connectivity index (χ3n) is 1.81. The van der Waals surface area contributed by atoms with Gasteiger partial charge in [-0.3, -0.25) is 4.79 Å². The number of ether oxygens (including phenoxy) is 1. The summed E-state index contributed by atoms with van der Waals surface area (Å²) >= 11 is 0. The minimum Gasteiger partial charge on any atom is -0.469 e. The number of carbonyl (C=O) groups excluding carboxylic acids is 1. The Kier molecular flexibility index (Phi) is 3.81. The average molecular weight is 237 g/mol. The number of esters is 1. The second-order valence-corrected chi connectivity index (χ2v) is 2.85. The molecule has 1 aromatic heterocycles. The molecule has 0 radical (unpaired) electrons. The van der Waals surface area contributed by atoms with Crippen LogP contribution >= 0.6 is 0 Å². The van der Waals surface area contributed by atoms with Crippen molar-refractivity contribution >= 4 is 5.97 Å². The number of alkyl halides is 2. The minimum atomic E-state index is -3.07. The Morgan fingerprint density at radius 1 is 1.50 bits per heavy atom. The predicted molar refractivity (Wildman–Crippen MR) is 44.8 cm³/mol. The van der Waals surface area contributed by atoms with E-state index in [0.29, 0.717) is 6.07 Å². The van der Waals surface area contributed by atoms with Gasteiger partial charge in [0.25, 0.3) is 6.43 Å². The van der Waals surface area contributed by atoms with Crippen LogP contribution in [0, 0.1) is 11.8 Å². The molecule has 0 unspecified atom stereocenters. The molecule has 0 aromatic carbocycles. The van der Waals surface area contributed by atoms with Crippen LogP contribution < -0.4 is 0 Å². The van der Waals surface area contributed by atoms with Crippen molar-refractivity contribution in [3.63, 3.8) is 0 Å². The summed E-state index contributed by atoms with van der Waals surface area (Å²) in [5, 5.41) is 0. The van der Waals surface area contributed by atoms with Gasteiger partial charge in [-0.2, -0.15) is 4.39 Å². The Labute approximate surface area is 88.0 Å². The van der Waals surface area contributed by atoms with E-state index in [0.717, 1.165) is 7.11 Å². The van der Waals surface area contributed by atoms with Crippen molar-refractivity contribution in [3.8, 4) is 0 Å². The van der Waals surface area contributed by atoms with Gasteiger partial charge in [0.15, 0.2) is 0 Å². The smallest absolute Gasteiger partial charge is 0.310 e. The first kappa shape index (κ1) is 12.4. The zero-order valence-electron chi connectivity index (χ0n) is 8.14. The Bertz CT molecular complexity index is 385. The van der Waals surface area contributed by atoms with Gasteiger partial charge in [0.2, 0.25) is 5.95 Å². The zero-order valence-corrected chi connectivity index (χ0v) is 8.14. The summed E-state index contributed by atoms with van der Waals surface area (Å²) in [6.07, 6.45) is -3.76. The fraction of sp³-hybridized carbons (Fsp3) is 0.333. The van der Waals surface area contributed by atoms with Crippen LogP contribution in [0.4, 0.5) is 17.6 Å².